The van der Waals surface area contributed by atoms with Crippen molar-refractivity contribution < 1.29 is 4.84 Å². The molecule has 4 rings (SSSR count). The molecular formula is C24H21NO2. The van der Waals surface area contributed by atoms with E-state index in [0.29, 0.717) is 5.39 Å². The van der Waals surface area contributed by atoms with E-state index in [1.807, 2.05) is 86.6 Å². The van der Waals surface area contributed by atoms with E-state index in [0.717, 1.165) is 27.8 Å². The maximum atomic E-state index is 13.3. The lowest BCUT2D eigenvalue weighted by molar-refractivity contribution is 0.0573. The van der Waals surface area contributed by atoms with Gasteiger partial charge in [-0.3, -0.25) is 4.79 Å². The second kappa shape index (κ2) is 7.12. The van der Waals surface area contributed by atoms with E-state index < -0.39 is 0 Å². The summed E-state index contributed by atoms with van der Waals surface area (Å²) in [6, 6.07) is 27.8. The van der Waals surface area contributed by atoms with Crippen molar-refractivity contribution in [1.29, 1.82) is 0 Å². The van der Waals surface area contributed by atoms with E-state index in [2.05, 4.69) is 12.1 Å². The number of pyridine rings is 1. The number of benzene rings is 3. The summed E-state index contributed by atoms with van der Waals surface area (Å²) in [5.41, 5.74) is 3.63. The molecule has 27 heavy (non-hydrogen) atoms. The third-order valence-electron chi connectivity index (χ3n) is 4.48. The lowest BCUT2D eigenvalue weighted by atomic mass is 9.94. The summed E-state index contributed by atoms with van der Waals surface area (Å²) in [6.07, 6.45) is -0.130. The van der Waals surface area contributed by atoms with Gasteiger partial charge in [0, 0.05) is 11.1 Å². The first-order chi connectivity index (χ1) is 13.2. The van der Waals surface area contributed by atoms with Crippen molar-refractivity contribution in [3.8, 4) is 22.4 Å². The van der Waals surface area contributed by atoms with Crippen molar-refractivity contribution in [2.24, 2.45) is 0 Å². The molecule has 134 valence electrons. The second-order valence-electron chi connectivity index (χ2n) is 6.75. The van der Waals surface area contributed by atoms with E-state index in [9.17, 15) is 4.79 Å². The zero-order valence-electron chi connectivity index (χ0n) is 15.4. The highest BCUT2D eigenvalue weighted by Crippen LogP contribution is 2.36. The summed E-state index contributed by atoms with van der Waals surface area (Å²) >= 11 is 0. The Labute approximate surface area is 158 Å². The standard InChI is InChI=1S/C24H21NO2/c1-17(2)27-25-23(19-13-7-4-8-14-19)22(18-11-5-3-6-12-18)20-15-9-10-16-21(20)24(25)26/h3-17H,1-2H3. The molecule has 0 atom stereocenters. The largest absolute Gasteiger partial charge is 0.408 e. The van der Waals surface area contributed by atoms with Gasteiger partial charge in [-0.15, -0.1) is 4.73 Å². The monoisotopic (exact) mass is 355 g/mol. The first-order valence-electron chi connectivity index (χ1n) is 9.12. The van der Waals surface area contributed by atoms with Crippen LogP contribution in [0.15, 0.2) is 89.7 Å². The molecule has 0 spiro atoms. The van der Waals surface area contributed by atoms with Crippen LogP contribution in [-0.2, 0) is 0 Å². The van der Waals surface area contributed by atoms with Gasteiger partial charge < -0.3 is 4.84 Å². The SMILES string of the molecule is CC(C)On1c(-c2ccccc2)c(-c2ccccc2)c2ccccc2c1=O. The van der Waals surface area contributed by atoms with Gasteiger partial charge in [0.15, 0.2) is 0 Å². The van der Waals surface area contributed by atoms with Gasteiger partial charge in [0.25, 0.3) is 5.56 Å². The van der Waals surface area contributed by atoms with Crippen molar-refractivity contribution >= 4 is 10.8 Å². The molecule has 1 aromatic heterocycles. The van der Waals surface area contributed by atoms with Crippen LogP contribution >= 0.6 is 0 Å². The van der Waals surface area contributed by atoms with E-state index >= 15 is 0 Å². The lowest BCUT2D eigenvalue weighted by Gasteiger charge is -2.21. The molecule has 0 radical (unpaired) electrons. The van der Waals surface area contributed by atoms with E-state index in [4.69, 9.17) is 4.84 Å². The number of nitrogens with zero attached hydrogens (tertiary/aromatic N) is 1. The smallest absolute Gasteiger partial charge is 0.291 e. The zero-order chi connectivity index (χ0) is 18.8. The molecule has 0 bridgehead atoms. The molecule has 3 heteroatoms. The van der Waals surface area contributed by atoms with Crippen molar-refractivity contribution in [2.45, 2.75) is 20.0 Å². The van der Waals surface area contributed by atoms with Gasteiger partial charge in [-0.1, -0.05) is 78.9 Å². The van der Waals surface area contributed by atoms with Crippen LogP contribution in [0.5, 0.6) is 0 Å². The highest BCUT2D eigenvalue weighted by atomic mass is 16.7. The van der Waals surface area contributed by atoms with Gasteiger partial charge >= 0.3 is 0 Å². The molecular weight excluding hydrogens is 334 g/mol. The van der Waals surface area contributed by atoms with Crippen molar-refractivity contribution in [2.75, 3.05) is 0 Å². The molecule has 3 nitrogen and oxygen atoms in total. The predicted molar refractivity (Wildman–Crippen MR) is 111 cm³/mol. The Morgan fingerprint density at radius 2 is 1.22 bits per heavy atom. The maximum Gasteiger partial charge on any atom is 0.291 e. The van der Waals surface area contributed by atoms with Gasteiger partial charge in [-0.05, 0) is 30.9 Å². The van der Waals surface area contributed by atoms with E-state index in [1.165, 1.54) is 4.73 Å². The average molecular weight is 355 g/mol. The van der Waals surface area contributed by atoms with Crippen molar-refractivity contribution in [3.63, 3.8) is 0 Å². The first kappa shape index (κ1) is 17.1. The van der Waals surface area contributed by atoms with Crippen LogP contribution in [0.1, 0.15) is 13.8 Å². The van der Waals surface area contributed by atoms with E-state index in [-0.39, 0.29) is 11.7 Å². The molecule has 0 aliphatic carbocycles. The molecule has 4 aromatic rings. The Morgan fingerprint density at radius 3 is 1.81 bits per heavy atom. The van der Waals surface area contributed by atoms with Gasteiger partial charge in [0.05, 0.1) is 11.1 Å². The molecule has 1 heterocycles. The fourth-order valence-corrected chi connectivity index (χ4v) is 3.39. The minimum Gasteiger partial charge on any atom is -0.408 e. The fraction of sp³-hybridized carbons (Fsp3) is 0.125. The van der Waals surface area contributed by atoms with E-state index in [1.54, 1.807) is 0 Å². The summed E-state index contributed by atoms with van der Waals surface area (Å²) in [4.78, 5) is 19.3. The molecule has 0 saturated carbocycles. The summed E-state index contributed by atoms with van der Waals surface area (Å²) in [6.45, 7) is 3.86. The van der Waals surface area contributed by atoms with Crippen LogP contribution < -0.4 is 10.4 Å². The van der Waals surface area contributed by atoms with Gasteiger partial charge in [0.2, 0.25) is 0 Å². The zero-order valence-corrected chi connectivity index (χ0v) is 15.4. The lowest BCUT2D eigenvalue weighted by Crippen LogP contribution is -2.32. The molecule has 0 N–H and O–H groups in total. The highest BCUT2D eigenvalue weighted by Gasteiger charge is 2.20. The summed E-state index contributed by atoms with van der Waals surface area (Å²) in [5.74, 6) is 0. The Morgan fingerprint density at radius 1 is 0.704 bits per heavy atom. The summed E-state index contributed by atoms with van der Waals surface area (Å²) in [7, 11) is 0. The number of hydrogen-bond donors (Lipinski definition) is 0. The minimum absolute atomic E-state index is 0.130. The second-order valence-corrected chi connectivity index (χ2v) is 6.75. The third-order valence-corrected chi connectivity index (χ3v) is 4.48. The molecule has 0 aliphatic heterocycles. The average Bonchev–Trinajstić information content (AvgIpc) is 2.71. The van der Waals surface area contributed by atoms with Crippen LogP contribution in [0, 0.1) is 0 Å². The fourth-order valence-electron chi connectivity index (χ4n) is 3.39. The highest BCUT2D eigenvalue weighted by molar-refractivity contribution is 6.02. The number of rotatable bonds is 4. The minimum atomic E-state index is -0.141. The Balaban J connectivity index is 2.21. The Bertz CT molecular complexity index is 1130. The maximum absolute atomic E-state index is 13.3. The molecule has 0 amide bonds. The first-order valence-corrected chi connectivity index (χ1v) is 9.12. The molecule has 3 aromatic carbocycles. The number of fused-ring (bicyclic) bond motifs is 1. The normalized spacial score (nSPS) is 11.1. The van der Waals surface area contributed by atoms with Crippen LogP contribution in [0.2, 0.25) is 0 Å². The van der Waals surface area contributed by atoms with Gasteiger partial charge in [-0.25, -0.2) is 0 Å². The number of hydrogen-bond acceptors (Lipinski definition) is 2. The molecule has 0 aliphatic rings. The summed E-state index contributed by atoms with van der Waals surface area (Å²) in [5, 5.41) is 1.58. The number of aromatic nitrogens is 1. The third kappa shape index (κ3) is 3.13. The predicted octanol–water partition coefficient (Wildman–Crippen LogP) is 5.17. The van der Waals surface area contributed by atoms with Crippen LogP contribution in [-0.4, -0.2) is 10.8 Å². The van der Waals surface area contributed by atoms with Crippen LogP contribution in [0.4, 0.5) is 0 Å². The molecule has 0 saturated heterocycles. The van der Waals surface area contributed by atoms with Gasteiger partial charge in [0.1, 0.15) is 6.10 Å². The van der Waals surface area contributed by atoms with Crippen LogP contribution in [0.3, 0.4) is 0 Å². The topological polar surface area (TPSA) is 31.2 Å². The Hall–Kier alpha value is -3.33. The summed E-state index contributed by atoms with van der Waals surface area (Å²) < 4.78 is 1.46. The van der Waals surface area contributed by atoms with Crippen molar-refractivity contribution in [3.05, 3.63) is 95.3 Å². The Kier molecular flexibility index (Phi) is 4.51. The molecule has 0 fully saturated rings. The quantitative estimate of drug-likeness (QED) is 0.505. The van der Waals surface area contributed by atoms with Gasteiger partial charge in [-0.2, -0.15) is 0 Å². The van der Waals surface area contributed by atoms with Crippen molar-refractivity contribution in [1.82, 2.24) is 4.73 Å². The van der Waals surface area contributed by atoms with Crippen LogP contribution in [0.25, 0.3) is 33.2 Å². The molecule has 0 unspecified atom stereocenters.